The van der Waals surface area contributed by atoms with Crippen LogP contribution in [-0.4, -0.2) is 20.2 Å². The number of ether oxygens (including phenoxy) is 1. The summed E-state index contributed by atoms with van der Waals surface area (Å²) in [5.74, 6) is 1.38. The molecule has 0 spiro atoms. The smallest absolute Gasteiger partial charge is 0.137 e. The maximum atomic E-state index is 5.98. The minimum atomic E-state index is 0.617. The number of hydrogen-bond acceptors (Lipinski definition) is 2. The van der Waals surface area contributed by atoms with Gasteiger partial charge in [-0.1, -0.05) is 31.5 Å². The second-order valence-corrected chi connectivity index (χ2v) is 4.49. The van der Waals surface area contributed by atoms with E-state index >= 15 is 0 Å². The molecule has 0 aliphatic rings. The average Bonchev–Trinajstić information content (AvgIpc) is 2.29. The molecular weight excluding hydrogens is 222 g/mol. The van der Waals surface area contributed by atoms with E-state index in [4.69, 9.17) is 16.3 Å². The number of rotatable bonds is 6. The van der Waals surface area contributed by atoms with Gasteiger partial charge in [-0.3, -0.25) is 0 Å². The molecule has 0 amide bonds. The molecule has 0 aliphatic heterocycles. The highest BCUT2D eigenvalue weighted by Gasteiger charge is 2.06. The summed E-state index contributed by atoms with van der Waals surface area (Å²) in [6, 6.07) is 5.98. The van der Waals surface area contributed by atoms with Gasteiger partial charge in [-0.05, 0) is 43.1 Å². The number of hydrogen-bond donors (Lipinski definition) is 1. The molecule has 0 fully saturated rings. The van der Waals surface area contributed by atoms with Crippen LogP contribution in [0.1, 0.15) is 19.4 Å². The third-order valence-corrected chi connectivity index (χ3v) is 2.85. The summed E-state index contributed by atoms with van der Waals surface area (Å²) in [5.41, 5.74) is 1.27. The molecule has 0 bridgehead atoms. The van der Waals surface area contributed by atoms with Crippen LogP contribution < -0.4 is 10.1 Å². The Morgan fingerprint density at radius 3 is 2.81 bits per heavy atom. The fourth-order valence-corrected chi connectivity index (χ4v) is 1.89. The highest BCUT2D eigenvalue weighted by atomic mass is 35.5. The van der Waals surface area contributed by atoms with Crippen molar-refractivity contribution in [3.63, 3.8) is 0 Å². The highest BCUT2D eigenvalue weighted by Crippen LogP contribution is 2.25. The van der Waals surface area contributed by atoms with Gasteiger partial charge in [-0.2, -0.15) is 0 Å². The van der Waals surface area contributed by atoms with E-state index in [-0.39, 0.29) is 0 Å². The van der Waals surface area contributed by atoms with Crippen LogP contribution in [-0.2, 0) is 6.42 Å². The Bertz CT molecular complexity index is 328. The maximum absolute atomic E-state index is 5.98. The largest absolute Gasteiger partial charge is 0.495 e. The minimum Gasteiger partial charge on any atom is -0.495 e. The van der Waals surface area contributed by atoms with E-state index in [1.807, 2.05) is 12.1 Å². The fourth-order valence-electron chi connectivity index (χ4n) is 1.70. The summed E-state index contributed by atoms with van der Waals surface area (Å²) in [5, 5.41) is 4.02. The maximum Gasteiger partial charge on any atom is 0.137 e. The van der Waals surface area contributed by atoms with E-state index in [1.54, 1.807) is 7.11 Å². The molecule has 1 N–H and O–H groups in total. The van der Waals surface area contributed by atoms with Gasteiger partial charge in [0.1, 0.15) is 5.75 Å². The molecule has 1 atom stereocenters. The summed E-state index contributed by atoms with van der Waals surface area (Å²) in [7, 11) is 1.65. The van der Waals surface area contributed by atoms with Crippen molar-refractivity contribution < 1.29 is 4.74 Å². The Morgan fingerprint density at radius 2 is 2.19 bits per heavy atom. The number of halogens is 1. The number of methoxy groups -OCH3 is 1. The van der Waals surface area contributed by atoms with Gasteiger partial charge in [-0.25, -0.2) is 0 Å². The van der Waals surface area contributed by atoms with Crippen molar-refractivity contribution in [3.8, 4) is 5.75 Å². The molecule has 90 valence electrons. The van der Waals surface area contributed by atoms with Crippen LogP contribution >= 0.6 is 11.6 Å². The van der Waals surface area contributed by atoms with Crippen LogP contribution in [0.5, 0.6) is 5.75 Å². The van der Waals surface area contributed by atoms with E-state index in [0.717, 1.165) is 25.3 Å². The van der Waals surface area contributed by atoms with Crippen molar-refractivity contribution in [2.75, 3.05) is 20.2 Å². The first-order chi connectivity index (χ1) is 7.67. The van der Waals surface area contributed by atoms with E-state index in [9.17, 15) is 0 Å². The van der Waals surface area contributed by atoms with E-state index in [0.29, 0.717) is 10.9 Å². The summed E-state index contributed by atoms with van der Waals surface area (Å²) in [4.78, 5) is 0. The zero-order chi connectivity index (χ0) is 12.0. The monoisotopic (exact) mass is 241 g/mol. The van der Waals surface area contributed by atoms with Gasteiger partial charge >= 0.3 is 0 Å². The summed E-state index contributed by atoms with van der Waals surface area (Å²) in [6.45, 7) is 6.43. The van der Waals surface area contributed by atoms with Gasteiger partial charge in [-0.15, -0.1) is 0 Å². The Hall–Kier alpha value is -0.730. The lowest BCUT2D eigenvalue weighted by atomic mass is 10.0. The lowest BCUT2D eigenvalue weighted by molar-refractivity contribution is 0.414. The number of nitrogens with one attached hydrogen (secondary N) is 1. The molecule has 1 aromatic carbocycles. The van der Waals surface area contributed by atoms with Gasteiger partial charge in [0.25, 0.3) is 0 Å². The molecule has 2 nitrogen and oxygen atoms in total. The molecule has 0 heterocycles. The van der Waals surface area contributed by atoms with Crippen LogP contribution in [0.2, 0.25) is 5.02 Å². The molecule has 0 saturated carbocycles. The Labute approximate surface area is 103 Å². The standard InChI is InChI=1S/C13H20ClNO/c1-4-15-9-10(2)7-11-5-6-12(14)13(8-11)16-3/h5-6,8,10,15H,4,7,9H2,1-3H3. The van der Waals surface area contributed by atoms with Gasteiger partial charge in [0, 0.05) is 0 Å². The summed E-state index contributed by atoms with van der Waals surface area (Å²) < 4.78 is 5.20. The van der Waals surface area contributed by atoms with Crippen LogP contribution in [0.4, 0.5) is 0 Å². The van der Waals surface area contributed by atoms with Crippen molar-refractivity contribution in [3.05, 3.63) is 28.8 Å². The Morgan fingerprint density at radius 1 is 1.44 bits per heavy atom. The average molecular weight is 242 g/mol. The molecule has 1 unspecified atom stereocenters. The van der Waals surface area contributed by atoms with Gasteiger partial charge in [0.05, 0.1) is 12.1 Å². The van der Waals surface area contributed by atoms with E-state index < -0.39 is 0 Å². The SMILES string of the molecule is CCNCC(C)Cc1ccc(Cl)c(OC)c1. The second kappa shape index (κ2) is 6.77. The Kier molecular flexibility index (Phi) is 5.64. The predicted molar refractivity (Wildman–Crippen MR) is 69.4 cm³/mol. The molecule has 0 radical (unpaired) electrons. The van der Waals surface area contributed by atoms with E-state index in [2.05, 4.69) is 25.2 Å². The van der Waals surface area contributed by atoms with Crippen molar-refractivity contribution in [2.24, 2.45) is 5.92 Å². The molecule has 3 heteroatoms. The first-order valence-electron chi connectivity index (χ1n) is 5.70. The van der Waals surface area contributed by atoms with Gasteiger partial charge in [0.2, 0.25) is 0 Å². The zero-order valence-electron chi connectivity index (χ0n) is 10.2. The molecule has 16 heavy (non-hydrogen) atoms. The lowest BCUT2D eigenvalue weighted by Gasteiger charge is -2.13. The molecular formula is C13H20ClNO. The third kappa shape index (κ3) is 4.03. The van der Waals surface area contributed by atoms with E-state index in [1.165, 1.54) is 5.56 Å². The van der Waals surface area contributed by atoms with Crippen LogP contribution in [0.15, 0.2) is 18.2 Å². The zero-order valence-corrected chi connectivity index (χ0v) is 11.0. The van der Waals surface area contributed by atoms with Crippen molar-refractivity contribution in [2.45, 2.75) is 20.3 Å². The van der Waals surface area contributed by atoms with Crippen molar-refractivity contribution >= 4 is 11.6 Å². The van der Waals surface area contributed by atoms with Gasteiger partial charge in [0.15, 0.2) is 0 Å². The second-order valence-electron chi connectivity index (χ2n) is 4.09. The third-order valence-electron chi connectivity index (χ3n) is 2.54. The fraction of sp³-hybridized carbons (Fsp3) is 0.538. The normalized spacial score (nSPS) is 12.5. The molecule has 0 aromatic heterocycles. The molecule has 1 aromatic rings. The first-order valence-corrected chi connectivity index (χ1v) is 6.08. The topological polar surface area (TPSA) is 21.3 Å². The summed E-state index contributed by atoms with van der Waals surface area (Å²) >= 11 is 5.98. The van der Waals surface area contributed by atoms with Crippen LogP contribution in [0, 0.1) is 5.92 Å². The van der Waals surface area contributed by atoms with Crippen molar-refractivity contribution in [1.29, 1.82) is 0 Å². The predicted octanol–water partition coefficient (Wildman–Crippen LogP) is 3.14. The molecule has 1 rings (SSSR count). The van der Waals surface area contributed by atoms with Crippen molar-refractivity contribution in [1.82, 2.24) is 5.32 Å². The minimum absolute atomic E-state index is 0.617. The van der Waals surface area contributed by atoms with Gasteiger partial charge < -0.3 is 10.1 Å². The first kappa shape index (κ1) is 13.3. The quantitative estimate of drug-likeness (QED) is 0.826. The van der Waals surface area contributed by atoms with Crippen LogP contribution in [0.3, 0.4) is 0 Å². The Balaban J connectivity index is 2.59. The lowest BCUT2D eigenvalue weighted by Crippen LogP contribution is -2.21. The number of benzene rings is 1. The molecule has 0 aliphatic carbocycles. The summed E-state index contributed by atoms with van der Waals surface area (Å²) in [6.07, 6.45) is 1.04. The highest BCUT2D eigenvalue weighted by molar-refractivity contribution is 6.32. The molecule has 0 saturated heterocycles. The van der Waals surface area contributed by atoms with Crippen LogP contribution in [0.25, 0.3) is 0 Å².